The molecule has 0 saturated carbocycles. The summed E-state index contributed by atoms with van der Waals surface area (Å²) in [5.41, 5.74) is 2.57. The minimum absolute atomic E-state index is 0.0859. The minimum atomic E-state index is 0.0859. The Morgan fingerprint density at radius 1 is 1.03 bits per heavy atom. The van der Waals surface area contributed by atoms with Crippen LogP contribution in [0.1, 0.15) is 70.5 Å². The SMILES string of the molecule is CCc1ccc(C(NCC(=O)N2CCC(C(=O)N3CCCC(C)C3)CC2)C(C)C)cc1. The third kappa shape index (κ3) is 6.31. The number of hydrogen-bond donors (Lipinski definition) is 1. The molecule has 2 atom stereocenters. The van der Waals surface area contributed by atoms with E-state index in [2.05, 4.69) is 62.2 Å². The van der Waals surface area contributed by atoms with Crippen molar-refractivity contribution in [2.75, 3.05) is 32.7 Å². The summed E-state index contributed by atoms with van der Waals surface area (Å²) in [4.78, 5) is 29.7. The van der Waals surface area contributed by atoms with Crippen LogP contribution in [0.3, 0.4) is 0 Å². The van der Waals surface area contributed by atoms with Crippen molar-refractivity contribution in [3.05, 3.63) is 35.4 Å². The van der Waals surface area contributed by atoms with E-state index < -0.39 is 0 Å². The van der Waals surface area contributed by atoms with E-state index in [4.69, 9.17) is 0 Å². The molecule has 172 valence electrons. The summed E-state index contributed by atoms with van der Waals surface area (Å²) in [6.45, 7) is 12.3. The summed E-state index contributed by atoms with van der Waals surface area (Å²) < 4.78 is 0. The van der Waals surface area contributed by atoms with Gasteiger partial charge in [0.25, 0.3) is 0 Å². The standard InChI is InChI=1S/C26H41N3O2/c1-5-21-8-10-22(11-9-21)25(19(2)3)27-17-24(30)28-15-12-23(13-16-28)26(31)29-14-6-7-20(4)18-29/h8-11,19-20,23,25,27H,5-7,12-18H2,1-4H3. The summed E-state index contributed by atoms with van der Waals surface area (Å²) in [7, 11) is 0. The highest BCUT2D eigenvalue weighted by Crippen LogP contribution is 2.25. The highest BCUT2D eigenvalue weighted by molar-refractivity contribution is 5.81. The Bertz CT molecular complexity index is 723. The van der Waals surface area contributed by atoms with Gasteiger partial charge in [0.1, 0.15) is 0 Å². The van der Waals surface area contributed by atoms with Gasteiger partial charge < -0.3 is 15.1 Å². The van der Waals surface area contributed by atoms with Gasteiger partial charge in [-0.2, -0.15) is 0 Å². The van der Waals surface area contributed by atoms with Crippen LogP contribution < -0.4 is 5.32 Å². The van der Waals surface area contributed by atoms with Crippen LogP contribution in [0, 0.1) is 17.8 Å². The highest BCUT2D eigenvalue weighted by Gasteiger charge is 2.32. The highest BCUT2D eigenvalue weighted by atomic mass is 16.2. The first-order valence-electron chi connectivity index (χ1n) is 12.3. The molecule has 0 aliphatic carbocycles. The van der Waals surface area contributed by atoms with Crippen molar-refractivity contribution in [1.82, 2.24) is 15.1 Å². The Hall–Kier alpha value is -1.88. The van der Waals surface area contributed by atoms with E-state index in [1.807, 2.05) is 4.90 Å². The zero-order chi connectivity index (χ0) is 22.4. The van der Waals surface area contributed by atoms with Gasteiger partial charge in [0.2, 0.25) is 11.8 Å². The topological polar surface area (TPSA) is 52.7 Å². The zero-order valence-electron chi connectivity index (χ0n) is 19.9. The van der Waals surface area contributed by atoms with Crippen molar-refractivity contribution in [1.29, 1.82) is 0 Å². The number of likely N-dealkylation sites (tertiary alicyclic amines) is 2. The van der Waals surface area contributed by atoms with Crippen molar-refractivity contribution >= 4 is 11.8 Å². The van der Waals surface area contributed by atoms with Crippen molar-refractivity contribution < 1.29 is 9.59 Å². The molecule has 31 heavy (non-hydrogen) atoms. The first-order chi connectivity index (χ1) is 14.9. The summed E-state index contributed by atoms with van der Waals surface area (Å²) in [6.07, 6.45) is 4.97. The fourth-order valence-electron chi connectivity index (χ4n) is 5.03. The van der Waals surface area contributed by atoms with Crippen LogP contribution in [-0.2, 0) is 16.0 Å². The van der Waals surface area contributed by atoms with E-state index in [1.165, 1.54) is 17.5 Å². The van der Waals surface area contributed by atoms with Gasteiger partial charge in [-0.25, -0.2) is 0 Å². The lowest BCUT2D eigenvalue weighted by Gasteiger charge is -2.37. The van der Waals surface area contributed by atoms with Crippen LogP contribution in [0.25, 0.3) is 0 Å². The van der Waals surface area contributed by atoms with Crippen LogP contribution in [0.5, 0.6) is 0 Å². The number of nitrogens with one attached hydrogen (secondary N) is 1. The number of carbonyl (C=O) groups is 2. The molecule has 0 radical (unpaired) electrons. The maximum atomic E-state index is 12.9. The molecule has 0 spiro atoms. The largest absolute Gasteiger partial charge is 0.342 e. The number of amides is 2. The Labute approximate surface area is 188 Å². The van der Waals surface area contributed by atoms with Crippen LogP contribution in [0.4, 0.5) is 0 Å². The Kier molecular flexibility index (Phi) is 8.53. The van der Waals surface area contributed by atoms with E-state index in [1.54, 1.807) is 0 Å². The molecule has 1 N–H and O–H groups in total. The lowest BCUT2D eigenvalue weighted by Crippen LogP contribution is -2.48. The van der Waals surface area contributed by atoms with E-state index in [0.29, 0.717) is 37.4 Å². The second-order valence-electron chi connectivity index (χ2n) is 9.88. The summed E-state index contributed by atoms with van der Waals surface area (Å²) in [5, 5.41) is 3.49. The smallest absolute Gasteiger partial charge is 0.236 e. The Morgan fingerprint density at radius 3 is 2.29 bits per heavy atom. The van der Waals surface area contributed by atoms with E-state index in [-0.39, 0.29) is 17.9 Å². The molecule has 2 aliphatic rings. The zero-order valence-corrected chi connectivity index (χ0v) is 19.9. The molecule has 2 amide bonds. The van der Waals surface area contributed by atoms with Crippen molar-refractivity contribution in [3.63, 3.8) is 0 Å². The number of piperidine rings is 2. The molecular weight excluding hydrogens is 386 g/mol. The average molecular weight is 428 g/mol. The molecule has 2 aliphatic heterocycles. The molecule has 3 rings (SSSR count). The fraction of sp³-hybridized carbons (Fsp3) is 0.692. The molecule has 0 bridgehead atoms. The van der Waals surface area contributed by atoms with Gasteiger partial charge >= 0.3 is 0 Å². The molecule has 0 aromatic heterocycles. The molecule has 2 saturated heterocycles. The monoisotopic (exact) mass is 427 g/mol. The maximum absolute atomic E-state index is 12.9. The van der Waals surface area contributed by atoms with Gasteiger partial charge in [-0.15, -0.1) is 0 Å². The van der Waals surface area contributed by atoms with Gasteiger partial charge in [0, 0.05) is 38.1 Å². The first-order valence-corrected chi connectivity index (χ1v) is 12.3. The molecule has 2 unspecified atom stereocenters. The van der Waals surface area contributed by atoms with Gasteiger partial charge in [-0.1, -0.05) is 52.0 Å². The third-order valence-electron chi connectivity index (χ3n) is 7.05. The van der Waals surface area contributed by atoms with Crippen molar-refractivity contribution in [2.24, 2.45) is 17.8 Å². The number of benzene rings is 1. The van der Waals surface area contributed by atoms with Gasteiger partial charge in [0.05, 0.1) is 6.54 Å². The third-order valence-corrected chi connectivity index (χ3v) is 7.05. The van der Waals surface area contributed by atoms with Crippen molar-refractivity contribution in [2.45, 2.75) is 65.8 Å². The normalized spacial score (nSPS) is 21.4. The summed E-state index contributed by atoms with van der Waals surface area (Å²) in [5.74, 6) is 1.55. The Balaban J connectivity index is 1.48. The predicted molar refractivity (Wildman–Crippen MR) is 126 cm³/mol. The van der Waals surface area contributed by atoms with Crippen molar-refractivity contribution in [3.8, 4) is 0 Å². The Morgan fingerprint density at radius 2 is 1.71 bits per heavy atom. The minimum Gasteiger partial charge on any atom is -0.342 e. The van der Waals surface area contributed by atoms with E-state index >= 15 is 0 Å². The molecule has 5 heteroatoms. The molecule has 1 aromatic rings. The van der Waals surface area contributed by atoms with E-state index in [9.17, 15) is 9.59 Å². The van der Waals surface area contributed by atoms with Gasteiger partial charge in [-0.05, 0) is 55.1 Å². The molecule has 2 fully saturated rings. The number of rotatable bonds is 7. The van der Waals surface area contributed by atoms with Crippen LogP contribution in [-0.4, -0.2) is 54.3 Å². The second kappa shape index (κ2) is 11.1. The number of aryl methyl sites for hydroxylation is 1. The fourth-order valence-corrected chi connectivity index (χ4v) is 5.03. The lowest BCUT2D eigenvalue weighted by molar-refractivity contribution is -0.141. The average Bonchev–Trinajstić information content (AvgIpc) is 2.79. The molecule has 2 heterocycles. The number of hydrogen-bond acceptors (Lipinski definition) is 3. The molecule has 1 aromatic carbocycles. The lowest BCUT2D eigenvalue weighted by atomic mass is 9.92. The summed E-state index contributed by atoms with van der Waals surface area (Å²) >= 11 is 0. The van der Waals surface area contributed by atoms with Gasteiger partial charge in [-0.3, -0.25) is 9.59 Å². The maximum Gasteiger partial charge on any atom is 0.236 e. The molecular formula is C26H41N3O2. The number of nitrogens with zero attached hydrogens (tertiary/aromatic N) is 2. The second-order valence-corrected chi connectivity index (χ2v) is 9.88. The summed E-state index contributed by atoms with van der Waals surface area (Å²) in [6, 6.07) is 8.88. The first kappa shape index (κ1) is 23.8. The van der Waals surface area contributed by atoms with E-state index in [0.717, 1.165) is 38.8 Å². The predicted octanol–water partition coefficient (Wildman–Crippen LogP) is 4.03. The quantitative estimate of drug-likeness (QED) is 0.715. The van der Waals surface area contributed by atoms with Crippen LogP contribution >= 0.6 is 0 Å². The van der Waals surface area contributed by atoms with Crippen LogP contribution in [0.15, 0.2) is 24.3 Å². The number of carbonyl (C=O) groups excluding carboxylic acids is 2. The van der Waals surface area contributed by atoms with Gasteiger partial charge in [0.15, 0.2) is 0 Å². The molecule has 5 nitrogen and oxygen atoms in total. The van der Waals surface area contributed by atoms with Crippen LogP contribution in [0.2, 0.25) is 0 Å².